The number of halogens is 3. The molecular formula is C17H19F3N4O2. The van der Waals surface area contributed by atoms with Gasteiger partial charge in [0.25, 0.3) is 0 Å². The maximum Gasteiger partial charge on any atom is 0.416 e. The highest BCUT2D eigenvalue weighted by molar-refractivity contribution is 5.79. The average molecular weight is 368 g/mol. The van der Waals surface area contributed by atoms with Crippen molar-refractivity contribution >= 4 is 5.91 Å². The van der Waals surface area contributed by atoms with Crippen molar-refractivity contribution in [1.82, 2.24) is 19.9 Å². The summed E-state index contributed by atoms with van der Waals surface area (Å²) in [6.45, 7) is 1.38. The molecule has 0 spiro atoms. The van der Waals surface area contributed by atoms with E-state index >= 15 is 0 Å². The van der Waals surface area contributed by atoms with Crippen LogP contribution < -0.4 is 0 Å². The lowest BCUT2D eigenvalue weighted by atomic mass is 10.1. The summed E-state index contributed by atoms with van der Waals surface area (Å²) in [5.41, 5.74) is 0.327. The van der Waals surface area contributed by atoms with E-state index in [-0.39, 0.29) is 18.4 Å². The number of hydrogen-bond acceptors (Lipinski definition) is 4. The Morgan fingerprint density at radius 3 is 2.92 bits per heavy atom. The van der Waals surface area contributed by atoms with Crippen LogP contribution in [0.25, 0.3) is 0 Å². The van der Waals surface area contributed by atoms with Crippen LogP contribution in [0.2, 0.25) is 0 Å². The summed E-state index contributed by atoms with van der Waals surface area (Å²) < 4.78 is 45.1. The van der Waals surface area contributed by atoms with Crippen LogP contribution in [0.5, 0.6) is 0 Å². The first-order valence-electron chi connectivity index (χ1n) is 8.20. The zero-order valence-electron chi connectivity index (χ0n) is 14.2. The van der Waals surface area contributed by atoms with Crippen LogP contribution in [0.4, 0.5) is 13.2 Å². The normalized spacial score (nSPS) is 17.7. The van der Waals surface area contributed by atoms with Crippen molar-refractivity contribution in [3.8, 4) is 0 Å². The van der Waals surface area contributed by atoms with Gasteiger partial charge in [0.05, 0.1) is 30.8 Å². The average Bonchev–Trinajstić information content (AvgIpc) is 3.23. The molecule has 2 aromatic rings. The van der Waals surface area contributed by atoms with Gasteiger partial charge in [0.2, 0.25) is 5.91 Å². The Morgan fingerprint density at radius 1 is 1.38 bits per heavy atom. The highest BCUT2D eigenvalue weighted by Crippen LogP contribution is 2.30. The van der Waals surface area contributed by atoms with Crippen molar-refractivity contribution in [1.29, 1.82) is 0 Å². The number of methoxy groups -OCH3 is 1. The van der Waals surface area contributed by atoms with Gasteiger partial charge in [-0.3, -0.25) is 4.79 Å². The van der Waals surface area contributed by atoms with Gasteiger partial charge in [0.1, 0.15) is 5.69 Å². The van der Waals surface area contributed by atoms with E-state index in [1.165, 1.54) is 12.1 Å². The molecule has 0 bridgehead atoms. The number of carbonyl (C=O) groups is 1. The molecule has 3 rings (SSSR count). The second-order valence-electron chi connectivity index (χ2n) is 6.28. The lowest BCUT2D eigenvalue weighted by molar-refractivity contribution is -0.138. The number of ether oxygens (including phenoxy) is 1. The molecule has 1 aromatic heterocycles. The summed E-state index contributed by atoms with van der Waals surface area (Å²) in [6.07, 6.45) is -1.95. The third-order valence-electron chi connectivity index (χ3n) is 4.35. The quantitative estimate of drug-likeness (QED) is 0.814. The first kappa shape index (κ1) is 18.4. The Balaban J connectivity index is 1.61. The van der Waals surface area contributed by atoms with Crippen molar-refractivity contribution in [2.75, 3.05) is 20.2 Å². The van der Waals surface area contributed by atoms with Gasteiger partial charge >= 0.3 is 6.18 Å². The highest BCUT2D eigenvalue weighted by Gasteiger charge is 2.31. The summed E-state index contributed by atoms with van der Waals surface area (Å²) in [7, 11) is 1.57. The molecule has 26 heavy (non-hydrogen) atoms. The van der Waals surface area contributed by atoms with E-state index < -0.39 is 11.7 Å². The molecule has 9 heteroatoms. The van der Waals surface area contributed by atoms with Crippen LogP contribution in [0.3, 0.4) is 0 Å². The Labute approximate surface area is 148 Å². The SMILES string of the molecule is COCc1cn([C@H]2CCN(C(=O)Cc3cccc(C(F)(F)F)c3)C2)nn1. The van der Waals surface area contributed by atoms with E-state index in [2.05, 4.69) is 10.3 Å². The molecule has 0 aliphatic carbocycles. The number of likely N-dealkylation sites (tertiary alicyclic amines) is 1. The smallest absolute Gasteiger partial charge is 0.378 e. The summed E-state index contributed by atoms with van der Waals surface area (Å²) in [5.74, 6) is -0.191. The van der Waals surface area contributed by atoms with Gasteiger partial charge in [0, 0.05) is 20.2 Å². The van der Waals surface area contributed by atoms with Gasteiger partial charge in [-0.25, -0.2) is 4.68 Å². The third-order valence-corrected chi connectivity index (χ3v) is 4.35. The van der Waals surface area contributed by atoms with Crippen LogP contribution in [0.1, 0.15) is 29.3 Å². The van der Waals surface area contributed by atoms with E-state index in [9.17, 15) is 18.0 Å². The fourth-order valence-electron chi connectivity index (χ4n) is 3.03. The summed E-state index contributed by atoms with van der Waals surface area (Å²) >= 11 is 0. The van der Waals surface area contributed by atoms with Crippen molar-refractivity contribution in [2.24, 2.45) is 0 Å². The molecule has 1 aromatic carbocycles. The molecule has 0 N–H and O–H groups in total. The van der Waals surface area contributed by atoms with Gasteiger partial charge in [-0.05, 0) is 18.1 Å². The predicted molar refractivity (Wildman–Crippen MR) is 86.1 cm³/mol. The van der Waals surface area contributed by atoms with Crippen LogP contribution in [0.15, 0.2) is 30.5 Å². The van der Waals surface area contributed by atoms with Crippen LogP contribution in [-0.4, -0.2) is 46.0 Å². The highest BCUT2D eigenvalue weighted by atomic mass is 19.4. The minimum atomic E-state index is -4.41. The molecule has 1 saturated heterocycles. The van der Waals surface area contributed by atoms with E-state index in [4.69, 9.17) is 4.74 Å². The Hall–Kier alpha value is -2.42. The summed E-state index contributed by atoms with van der Waals surface area (Å²) in [5, 5.41) is 8.06. The van der Waals surface area contributed by atoms with Crippen LogP contribution >= 0.6 is 0 Å². The zero-order chi connectivity index (χ0) is 18.7. The third kappa shape index (κ3) is 4.21. The number of benzene rings is 1. The molecule has 2 heterocycles. The van der Waals surface area contributed by atoms with Crippen LogP contribution in [-0.2, 0) is 28.7 Å². The van der Waals surface area contributed by atoms with Gasteiger partial charge < -0.3 is 9.64 Å². The van der Waals surface area contributed by atoms with E-state index in [1.807, 2.05) is 0 Å². The number of rotatable bonds is 5. The molecule has 6 nitrogen and oxygen atoms in total. The number of carbonyl (C=O) groups excluding carboxylic acids is 1. The Bertz CT molecular complexity index is 775. The van der Waals surface area contributed by atoms with Gasteiger partial charge in [-0.2, -0.15) is 13.2 Å². The first-order valence-corrected chi connectivity index (χ1v) is 8.20. The summed E-state index contributed by atoms with van der Waals surface area (Å²) in [4.78, 5) is 14.1. The molecule has 0 saturated carbocycles. The number of amides is 1. The molecule has 1 fully saturated rings. The first-order chi connectivity index (χ1) is 12.4. The minimum Gasteiger partial charge on any atom is -0.378 e. The Kier molecular flexibility index (Phi) is 5.26. The van der Waals surface area contributed by atoms with Crippen molar-refractivity contribution in [3.05, 3.63) is 47.3 Å². The van der Waals surface area contributed by atoms with Crippen LogP contribution in [0, 0.1) is 0 Å². The van der Waals surface area contributed by atoms with E-state index in [0.717, 1.165) is 18.6 Å². The minimum absolute atomic E-state index is 0.0126. The monoisotopic (exact) mass is 368 g/mol. The van der Waals surface area contributed by atoms with Gasteiger partial charge in [-0.1, -0.05) is 23.4 Å². The van der Waals surface area contributed by atoms with Gasteiger partial charge in [0.15, 0.2) is 0 Å². The number of hydrogen-bond donors (Lipinski definition) is 0. The summed E-state index contributed by atoms with van der Waals surface area (Å²) in [6, 6.07) is 4.90. The van der Waals surface area contributed by atoms with E-state index in [1.54, 1.807) is 22.9 Å². The number of alkyl halides is 3. The maximum atomic E-state index is 12.8. The van der Waals surface area contributed by atoms with Gasteiger partial charge in [-0.15, -0.1) is 5.10 Å². The number of aromatic nitrogens is 3. The lowest BCUT2D eigenvalue weighted by Gasteiger charge is -2.17. The van der Waals surface area contributed by atoms with E-state index in [0.29, 0.717) is 31.0 Å². The topological polar surface area (TPSA) is 60.2 Å². The lowest BCUT2D eigenvalue weighted by Crippen LogP contribution is -2.30. The maximum absolute atomic E-state index is 12.8. The molecule has 1 atom stereocenters. The molecule has 0 unspecified atom stereocenters. The molecule has 1 amide bonds. The predicted octanol–water partition coefficient (Wildman–Crippen LogP) is 2.46. The standard InChI is InChI=1S/C17H19F3N4O2/c1-26-11-14-9-24(22-21-14)15-5-6-23(10-15)16(25)8-12-3-2-4-13(7-12)17(18,19)20/h2-4,7,9,15H,5-6,8,10-11H2,1H3/t15-/m0/s1. The molecule has 1 aliphatic rings. The molecule has 0 radical (unpaired) electrons. The fraction of sp³-hybridized carbons (Fsp3) is 0.471. The second-order valence-corrected chi connectivity index (χ2v) is 6.28. The Morgan fingerprint density at radius 2 is 2.19 bits per heavy atom. The van der Waals surface area contributed by atoms with Crippen molar-refractivity contribution < 1.29 is 22.7 Å². The molecule has 140 valence electrons. The van der Waals surface area contributed by atoms with Crippen molar-refractivity contribution in [2.45, 2.75) is 31.7 Å². The van der Waals surface area contributed by atoms with Crippen molar-refractivity contribution in [3.63, 3.8) is 0 Å². The number of nitrogens with zero attached hydrogens (tertiary/aromatic N) is 4. The second kappa shape index (κ2) is 7.45. The largest absolute Gasteiger partial charge is 0.416 e. The molecule has 1 aliphatic heterocycles. The molecular weight excluding hydrogens is 349 g/mol. The zero-order valence-corrected chi connectivity index (χ0v) is 14.2. The fourth-order valence-corrected chi connectivity index (χ4v) is 3.03.